The molecule has 7 nitrogen and oxygen atoms in total. The quantitative estimate of drug-likeness (QED) is 0.457. The third-order valence-electron chi connectivity index (χ3n) is 6.51. The minimum atomic E-state index is -4.31. The zero-order valence-corrected chi connectivity index (χ0v) is 20.0. The Kier molecular flexibility index (Phi) is 6.41. The SMILES string of the molecule is Cc1ccc(NC(=O)N2CC[C@H](C(F)(F)F)C2)cc1-c1cncc(-c2ccnc(NC(=O)C3=CC3)c2)c1. The van der Waals surface area contributed by atoms with Gasteiger partial charge >= 0.3 is 12.2 Å². The number of allylic oxidation sites excluding steroid dienone is 1. The molecule has 2 aromatic heterocycles. The van der Waals surface area contributed by atoms with E-state index in [2.05, 4.69) is 20.6 Å². The lowest BCUT2D eigenvalue weighted by molar-refractivity contribution is -0.169. The summed E-state index contributed by atoms with van der Waals surface area (Å²) >= 11 is 0. The molecule has 5 rings (SSSR count). The molecule has 0 unspecified atom stereocenters. The molecule has 1 aliphatic carbocycles. The van der Waals surface area contributed by atoms with Crippen LogP contribution in [0.15, 0.2) is 66.6 Å². The molecule has 1 fully saturated rings. The van der Waals surface area contributed by atoms with Crippen molar-refractivity contribution < 1.29 is 22.8 Å². The molecule has 10 heteroatoms. The van der Waals surface area contributed by atoms with E-state index in [9.17, 15) is 22.8 Å². The van der Waals surface area contributed by atoms with Crippen LogP contribution in [0.5, 0.6) is 0 Å². The second-order valence-electron chi connectivity index (χ2n) is 9.21. The van der Waals surface area contributed by atoms with Gasteiger partial charge in [0.1, 0.15) is 5.82 Å². The molecular weight excluding hydrogens is 483 g/mol. The number of carbonyl (C=O) groups excluding carboxylic acids is 2. The maximum Gasteiger partial charge on any atom is 0.393 e. The van der Waals surface area contributed by atoms with Gasteiger partial charge in [-0.1, -0.05) is 12.1 Å². The number of nitrogens with zero attached hydrogens (tertiary/aromatic N) is 3. The number of aromatic nitrogens is 2. The third kappa shape index (κ3) is 5.63. The van der Waals surface area contributed by atoms with E-state index >= 15 is 0 Å². The van der Waals surface area contributed by atoms with Crippen LogP contribution in [-0.2, 0) is 4.79 Å². The van der Waals surface area contributed by atoms with Crippen LogP contribution in [0.25, 0.3) is 22.3 Å². The van der Waals surface area contributed by atoms with Gasteiger partial charge in [0, 0.05) is 54.1 Å². The van der Waals surface area contributed by atoms with Crippen LogP contribution < -0.4 is 10.6 Å². The standard InChI is InChI=1S/C27H24F3N5O2/c1-16-2-5-22(33-26(37)35-9-7-21(15-35)27(28,29)30)12-23(16)20-10-19(13-31-14-20)18-6-8-32-24(11-18)34-25(36)17-3-4-17/h2-3,5-6,8,10-14,21H,4,7,9,15H2,1H3,(H,33,37)(H,32,34,36)/t21-/m0/s1. The van der Waals surface area contributed by atoms with Crippen LogP contribution in [-0.4, -0.2) is 46.1 Å². The van der Waals surface area contributed by atoms with Crippen molar-refractivity contribution in [2.75, 3.05) is 23.7 Å². The van der Waals surface area contributed by atoms with E-state index in [-0.39, 0.29) is 25.4 Å². The molecule has 1 aliphatic heterocycles. The zero-order chi connectivity index (χ0) is 26.2. The van der Waals surface area contributed by atoms with Crippen LogP contribution in [0.2, 0.25) is 0 Å². The summed E-state index contributed by atoms with van der Waals surface area (Å²) in [6, 6.07) is 10.3. The van der Waals surface area contributed by atoms with Crippen LogP contribution in [0.1, 0.15) is 18.4 Å². The number of hydrogen-bond donors (Lipinski definition) is 2. The molecule has 1 saturated heterocycles. The van der Waals surface area contributed by atoms with Crippen molar-refractivity contribution in [2.45, 2.75) is 25.9 Å². The molecule has 190 valence electrons. The van der Waals surface area contributed by atoms with Crippen molar-refractivity contribution in [3.8, 4) is 22.3 Å². The normalized spacial score (nSPS) is 16.8. The molecule has 1 aromatic carbocycles. The van der Waals surface area contributed by atoms with Crippen LogP contribution in [0.3, 0.4) is 0 Å². The number of urea groups is 1. The van der Waals surface area contributed by atoms with Gasteiger partial charge in [0.05, 0.1) is 5.92 Å². The summed E-state index contributed by atoms with van der Waals surface area (Å²) in [5.74, 6) is -1.21. The van der Waals surface area contributed by atoms with Gasteiger partial charge in [-0.3, -0.25) is 9.78 Å². The van der Waals surface area contributed by atoms with Gasteiger partial charge in [-0.05, 0) is 66.8 Å². The fourth-order valence-corrected chi connectivity index (χ4v) is 4.28. The van der Waals surface area contributed by atoms with Gasteiger partial charge in [-0.15, -0.1) is 0 Å². The van der Waals surface area contributed by atoms with E-state index in [0.29, 0.717) is 17.9 Å². The summed E-state index contributed by atoms with van der Waals surface area (Å²) in [5.41, 5.74) is 5.42. The van der Waals surface area contributed by atoms with Gasteiger partial charge in [0.25, 0.3) is 5.91 Å². The maximum atomic E-state index is 13.0. The van der Waals surface area contributed by atoms with Gasteiger partial charge in [0.15, 0.2) is 0 Å². The molecule has 37 heavy (non-hydrogen) atoms. The average molecular weight is 508 g/mol. The fraction of sp³-hybridized carbons (Fsp3) is 0.259. The lowest BCUT2D eigenvalue weighted by atomic mass is 9.98. The molecule has 0 bridgehead atoms. The van der Waals surface area contributed by atoms with Crippen LogP contribution in [0, 0.1) is 12.8 Å². The fourth-order valence-electron chi connectivity index (χ4n) is 4.28. The van der Waals surface area contributed by atoms with Crippen molar-refractivity contribution in [3.63, 3.8) is 0 Å². The number of hydrogen-bond acceptors (Lipinski definition) is 4. The monoisotopic (exact) mass is 507 g/mol. The van der Waals surface area contributed by atoms with E-state index in [0.717, 1.165) is 33.4 Å². The summed E-state index contributed by atoms with van der Waals surface area (Å²) in [7, 11) is 0. The smallest absolute Gasteiger partial charge is 0.324 e. The van der Waals surface area contributed by atoms with Gasteiger partial charge in [-0.25, -0.2) is 9.78 Å². The van der Waals surface area contributed by atoms with E-state index in [1.54, 1.807) is 36.8 Å². The van der Waals surface area contributed by atoms with Crippen LogP contribution >= 0.6 is 0 Å². The lowest BCUT2D eigenvalue weighted by Gasteiger charge is -2.19. The number of nitrogens with one attached hydrogen (secondary N) is 2. The van der Waals surface area contributed by atoms with Crippen molar-refractivity contribution in [3.05, 3.63) is 72.2 Å². The second-order valence-corrected chi connectivity index (χ2v) is 9.21. The Morgan fingerprint density at radius 1 is 1.03 bits per heavy atom. The van der Waals surface area contributed by atoms with E-state index in [4.69, 9.17) is 0 Å². The first-order valence-corrected chi connectivity index (χ1v) is 11.8. The van der Waals surface area contributed by atoms with Crippen molar-refractivity contribution >= 4 is 23.4 Å². The minimum Gasteiger partial charge on any atom is -0.324 e. The van der Waals surface area contributed by atoms with Crippen molar-refractivity contribution in [1.29, 1.82) is 0 Å². The first-order chi connectivity index (χ1) is 17.7. The highest BCUT2D eigenvalue weighted by Crippen LogP contribution is 2.34. The number of likely N-dealkylation sites (tertiary alicyclic amines) is 1. The van der Waals surface area contributed by atoms with E-state index < -0.39 is 18.1 Å². The Labute approximate surface area is 211 Å². The molecule has 0 saturated carbocycles. The van der Waals surface area contributed by atoms with Crippen molar-refractivity contribution in [1.82, 2.24) is 14.9 Å². The summed E-state index contributed by atoms with van der Waals surface area (Å²) in [5, 5.41) is 5.51. The predicted molar refractivity (Wildman–Crippen MR) is 134 cm³/mol. The number of pyridine rings is 2. The predicted octanol–water partition coefficient (Wildman–Crippen LogP) is 5.80. The highest BCUT2D eigenvalue weighted by Gasteiger charge is 2.44. The second kappa shape index (κ2) is 9.68. The molecular formula is C27H24F3N5O2. The van der Waals surface area contributed by atoms with Gasteiger partial charge in [-0.2, -0.15) is 13.2 Å². The topological polar surface area (TPSA) is 87.2 Å². The maximum absolute atomic E-state index is 13.0. The Balaban J connectivity index is 1.34. The first-order valence-electron chi connectivity index (χ1n) is 11.8. The van der Waals surface area contributed by atoms with Gasteiger partial charge < -0.3 is 15.5 Å². The van der Waals surface area contributed by atoms with Crippen LogP contribution in [0.4, 0.5) is 29.5 Å². The Bertz CT molecular complexity index is 1400. The van der Waals surface area contributed by atoms with Gasteiger partial charge in [0.2, 0.25) is 0 Å². The number of rotatable bonds is 5. The number of halogens is 3. The number of aryl methyl sites for hydroxylation is 1. The molecule has 2 N–H and O–H groups in total. The third-order valence-corrected chi connectivity index (χ3v) is 6.51. The molecule has 2 aliphatic rings. The molecule has 1 atom stereocenters. The highest BCUT2D eigenvalue weighted by atomic mass is 19.4. The zero-order valence-electron chi connectivity index (χ0n) is 20.0. The number of benzene rings is 1. The van der Waals surface area contributed by atoms with Crippen molar-refractivity contribution in [2.24, 2.45) is 5.92 Å². The molecule has 3 aromatic rings. The molecule has 3 heterocycles. The number of anilines is 2. The highest BCUT2D eigenvalue weighted by molar-refractivity contribution is 6.06. The summed E-state index contributed by atoms with van der Waals surface area (Å²) < 4.78 is 39.0. The summed E-state index contributed by atoms with van der Waals surface area (Å²) in [4.78, 5) is 34.4. The van der Waals surface area contributed by atoms with E-state index in [1.165, 1.54) is 4.90 Å². The Morgan fingerprint density at radius 2 is 1.81 bits per heavy atom. The Morgan fingerprint density at radius 3 is 2.54 bits per heavy atom. The average Bonchev–Trinajstić information content (AvgIpc) is 3.60. The number of amides is 3. The first kappa shape index (κ1) is 24.5. The number of carbonyl (C=O) groups is 2. The van der Waals surface area contributed by atoms with E-state index in [1.807, 2.05) is 31.2 Å². The largest absolute Gasteiger partial charge is 0.393 e. The summed E-state index contributed by atoms with van der Waals surface area (Å²) in [6.45, 7) is 1.65. The minimum absolute atomic E-state index is 0.0622. The lowest BCUT2D eigenvalue weighted by Crippen LogP contribution is -2.35. The molecule has 3 amide bonds. The molecule has 0 spiro atoms. The Hall–Kier alpha value is -4.21. The number of alkyl halides is 3. The molecule has 0 radical (unpaired) electrons. The summed E-state index contributed by atoms with van der Waals surface area (Å²) in [6.07, 6.45) is 3.17.